The summed E-state index contributed by atoms with van der Waals surface area (Å²) in [5, 5.41) is 12.1. The van der Waals surface area contributed by atoms with E-state index >= 15 is 0 Å². The van der Waals surface area contributed by atoms with Crippen LogP contribution in [0.4, 0.5) is 0 Å². The van der Waals surface area contributed by atoms with E-state index in [1.165, 1.54) is 6.26 Å². The molecule has 2 fully saturated rings. The first-order valence-corrected chi connectivity index (χ1v) is 6.95. The molecule has 2 N–H and O–H groups in total. The Morgan fingerprint density at radius 3 is 3.15 bits per heavy atom. The number of carboxylic acid groups (broad SMARTS) is 1. The number of carbonyl (C=O) groups excluding carboxylic acids is 1. The van der Waals surface area contributed by atoms with Gasteiger partial charge in [-0.05, 0) is 24.8 Å². The molecule has 3 rings (SSSR count). The first-order valence-electron chi connectivity index (χ1n) is 6.95. The molecule has 0 aromatic carbocycles. The number of nitrogens with zero attached hydrogens (tertiary/aromatic N) is 1. The lowest BCUT2D eigenvalue weighted by Crippen LogP contribution is -2.53. The van der Waals surface area contributed by atoms with Gasteiger partial charge >= 0.3 is 5.97 Å². The van der Waals surface area contributed by atoms with E-state index in [-0.39, 0.29) is 17.7 Å². The highest BCUT2D eigenvalue weighted by Crippen LogP contribution is 2.26. The van der Waals surface area contributed by atoms with Crippen molar-refractivity contribution in [2.75, 3.05) is 13.1 Å². The van der Waals surface area contributed by atoms with Crippen molar-refractivity contribution in [3.05, 3.63) is 23.7 Å². The van der Waals surface area contributed by atoms with Gasteiger partial charge in [0.25, 0.3) is 0 Å². The summed E-state index contributed by atoms with van der Waals surface area (Å²) in [4.78, 5) is 24.6. The number of likely N-dealkylation sites (tertiary alicyclic amines) is 1. The van der Waals surface area contributed by atoms with Gasteiger partial charge in [0.2, 0.25) is 11.7 Å². The monoisotopic (exact) mass is 278 g/mol. The second-order valence-corrected chi connectivity index (χ2v) is 5.58. The molecule has 2 saturated heterocycles. The average Bonchev–Trinajstić information content (AvgIpc) is 2.87. The standard InChI is InChI=1S/C14H18N2O4/c17-12-2-1-9-7-16(5-3-11(9)15-12)8-10-4-6-20-13(10)14(18)19/h4,6,9,11H,1-3,5,7-8H2,(H,15,17)(H,18,19). The lowest BCUT2D eigenvalue weighted by Gasteiger charge is -2.41. The second-order valence-electron chi connectivity index (χ2n) is 5.58. The highest BCUT2D eigenvalue weighted by molar-refractivity contribution is 5.86. The van der Waals surface area contributed by atoms with Crippen LogP contribution >= 0.6 is 0 Å². The Labute approximate surface area is 116 Å². The third-order valence-electron chi connectivity index (χ3n) is 4.24. The number of rotatable bonds is 3. The van der Waals surface area contributed by atoms with Crippen molar-refractivity contribution in [1.29, 1.82) is 0 Å². The number of carboxylic acids is 1. The summed E-state index contributed by atoms with van der Waals surface area (Å²) in [6, 6.07) is 2.01. The summed E-state index contributed by atoms with van der Waals surface area (Å²) in [6.45, 7) is 2.36. The molecule has 2 atom stereocenters. The first kappa shape index (κ1) is 13.2. The Hall–Kier alpha value is -1.82. The largest absolute Gasteiger partial charge is 0.475 e. The van der Waals surface area contributed by atoms with Crippen molar-refractivity contribution < 1.29 is 19.1 Å². The quantitative estimate of drug-likeness (QED) is 0.864. The van der Waals surface area contributed by atoms with Gasteiger partial charge in [-0.2, -0.15) is 0 Å². The molecule has 2 aliphatic rings. The van der Waals surface area contributed by atoms with Gasteiger partial charge in [0.15, 0.2) is 0 Å². The molecule has 0 spiro atoms. The van der Waals surface area contributed by atoms with E-state index in [0.717, 1.165) is 31.5 Å². The Morgan fingerprint density at radius 1 is 1.50 bits per heavy atom. The van der Waals surface area contributed by atoms with Gasteiger partial charge in [-0.3, -0.25) is 9.69 Å². The van der Waals surface area contributed by atoms with Gasteiger partial charge in [0.05, 0.1) is 6.26 Å². The zero-order valence-corrected chi connectivity index (χ0v) is 11.2. The number of fused-ring (bicyclic) bond motifs is 1. The Morgan fingerprint density at radius 2 is 2.35 bits per heavy atom. The minimum atomic E-state index is -1.02. The average molecular weight is 278 g/mol. The SMILES string of the molecule is O=C1CCC2CN(Cc3ccoc3C(=O)O)CCC2N1. The molecule has 20 heavy (non-hydrogen) atoms. The molecular weight excluding hydrogens is 260 g/mol. The third-order valence-corrected chi connectivity index (χ3v) is 4.24. The number of carbonyl (C=O) groups is 2. The van der Waals surface area contributed by atoms with E-state index in [4.69, 9.17) is 9.52 Å². The number of aromatic carboxylic acids is 1. The zero-order chi connectivity index (χ0) is 14.1. The van der Waals surface area contributed by atoms with Crippen LogP contribution in [0.15, 0.2) is 16.7 Å². The minimum Gasteiger partial charge on any atom is -0.475 e. The highest BCUT2D eigenvalue weighted by atomic mass is 16.4. The third kappa shape index (κ3) is 2.56. The molecule has 0 aliphatic carbocycles. The van der Waals surface area contributed by atoms with Gasteiger partial charge in [0, 0.05) is 37.7 Å². The summed E-state index contributed by atoms with van der Waals surface area (Å²) in [7, 11) is 0. The number of hydrogen-bond donors (Lipinski definition) is 2. The van der Waals surface area contributed by atoms with Crippen LogP contribution in [0.25, 0.3) is 0 Å². The van der Waals surface area contributed by atoms with Crippen molar-refractivity contribution in [2.24, 2.45) is 5.92 Å². The van der Waals surface area contributed by atoms with Gasteiger partial charge < -0.3 is 14.8 Å². The maximum absolute atomic E-state index is 11.4. The fourth-order valence-corrected chi connectivity index (χ4v) is 3.22. The first-order chi connectivity index (χ1) is 9.63. The fraction of sp³-hybridized carbons (Fsp3) is 0.571. The molecular formula is C14H18N2O4. The van der Waals surface area contributed by atoms with Gasteiger partial charge in [0.1, 0.15) is 0 Å². The molecule has 2 aliphatic heterocycles. The van der Waals surface area contributed by atoms with E-state index in [0.29, 0.717) is 18.9 Å². The topological polar surface area (TPSA) is 82.8 Å². The van der Waals surface area contributed by atoms with Crippen LogP contribution in [-0.2, 0) is 11.3 Å². The summed E-state index contributed by atoms with van der Waals surface area (Å²) >= 11 is 0. The maximum Gasteiger partial charge on any atom is 0.372 e. The van der Waals surface area contributed by atoms with E-state index in [2.05, 4.69) is 10.2 Å². The Bertz CT molecular complexity index is 525. The molecule has 108 valence electrons. The second kappa shape index (κ2) is 5.28. The molecule has 1 aromatic heterocycles. The lowest BCUT2D eigenvalue weighted by molar-refractivity contribution is -0.125. The van der Waals surface area contributed by atoms with E-state index in [1.807, 2.05) is 0 Å². The maximum atomic E-state index is 11.4. The summed E-state index contributed by atoms with van der Waals surface area (Å²) < 4.78 is 5.01. The van der Waals surface area contributed by atoms with Crippen LogP contribution in [0, 0.1) is 5.92 Å². The number of furan rings is 1. The predicted molar refractivity (Wildman–Crippen MR) is 70.2 cm³/mol. The zero-order valence-electron chi connectivity index (χ0n) is 11.2. The molecule has 0 bridgehead atoms. The molecule has 2 unspecified atom stereocenters. The van der Waals surface area contributed by atoms with E-state index < -0.39 is 5.97 Å². The van der Waals surface area contributed by atoms with Crippen LogP contribution < -0.4 is 5.32 Å². The van der Waals surface area contributed by atoms with Crippen LogP contribution in [0.3, 0.4) is 0 Å². The van der Waals surface area contributed by atoms with Crippen molar-refractivity contribution in [3.63, 3.8) is 0 Å². The molecule has 0 saturated carbocycles. The van der Waals surface area contributed by atoms with Crippen LogP contribution in [0.1, 0.15) is 35.4 Å². The number of amides is 1. The molecule has 3 heterocycles. The van der Waals surface area contributed by atoms with Crippen molar-refractivity contribution in [2.45, 2.75) is 31.8 Å². The summed E-state index contributed by atoms with van der Waals surface area (Å²) in [5.74, 6) is -0.363. The normalized spacial score (nSPS) is 26.9. The number of piperidine rings is 2. The fourth-order valence-electron chi connectivity index (χ4n) is 3.22. The molecule has 0 radical (unpaired) electrons. The van der Waals surface area contributed by atoms with Crippen LogP contribution in [-0.4, -0.2) is 41.0 Å². The van der Waals surface area contributed by atoms with E-state index in [1.54, 1.807) is 6.07 Å². The molecule has 6 heteroatoms. The smallest absolute Gasteiger partial charge is 0.372 e. The Kier molecular flexibility index (Phi) is 3.48. The molecule has 1 amide bonds. The van der Waals surface area contributed by atoms with E-state index in [9.17, 15) is 9.59 Å². The molecule has 1 aromatic rings. The number of nitrogens with one attached hydrogen (secondary N) is 1. The van der Waals surface area contributed by atoms with Crippen molar-refractivity contribution in [1.82, 2.24) is 10.2 Å². The van der Waals surface area contributed by atoms with Crippen molar-refractivity contribution in [3.8, 4) is 0 Å². The predicted octanol–water partition coefficient (Wildman–Crippen LogP) is 1.08. The Balaban J connectivity index is 1.64. The van der Waals surface area contributed by atoms with Crippen LogP contribution in [0.2, 0.25) is 0 Å². The number of hydrogen-bond acceptors (Lipinski definition) is 4. The summed E-state index contributed by atoms with van der Waals surface area (Å²) in [6.07, 6.45) is 3.87. The minimum absolute atomic E-state index is 0.0315. The van der Waals surface area contributed by atoms with Crippen molar-refractivity contribution >= 4 is 11.9 Å². The van der Waals surface area contributed by atoms with Crippen LogP contribution in [0.5, 0.6) is 0 Å². The summed E-state index contributed by atoms with van der Waals surface area (Å²) in [5.41, 5.74) is 0.718. The van der Waals surface area contributed by atoms with Gasteiger partial charge in [-0.1, -0.05) is 0 Å². The lowest BCUT2D eigenvalue weighted by atomic mass is 9.85. The van der Waals surface area contributed by atoms with Gasteiger partial charge in [-0.15, -0.1) is 0 Å². The molecule has 6 nitrogen and oxygen atoms in total. The highest BCUT2D eigenvalue weighted by Gasteiger charge is 2.34. The van der Waals surface area contributed by atoms with Gasteiger partial charge in [-0.25, -0.2) is 4.79 Å².